The van der Waals surface area contributed by atoms with Crippen LogP contribution in [-0.4, -0.2) is 12.3 Å². The molecule has 0 fully saturated rings. The van der Waals surface area contributed by atoms with Crippen molar-refractivity contribution in [2.75, 3.05) is 0 Å². The molecule has 0 aromatic rings. The summed E-state index contributed by atoms with van der Waals surface area (Å²) in [5, 5.41) is 0. The van der Waals surface area contributed by atoms with Gasteiger partial charge in [0.1, 0.15) is 0 Å². The third-order valence-electron chi connectivity index (χ3n) is 1.25. The zero-order chi connectivity index (χ0) is 5.82. The van der Waals surface area contributed by atoms with Crippen LogP contribution in [0, 0.1) is 0 Å². The van der Waals surface area contributed by atoms with Crippen molar-refractivity contribution in [1.82, 2.24) is 0 Å². The van der Waals surface area contributed by atoms with Crippen LogP contribution in [0.5, 0.6) is 0 Å². The quantitative estimate of drug-likeness (QED) is 0.420. The lowest BCUT2D eigenvalue weighted by Crippen LogP contribution is -1.92. The molecule has 1 unspecified atom stereocenters. The molecule has 0 spiro atoms. The van der Waals surface area contributed by atoms with E-state index in [1.807, 2.05) is 6.21 Å². The molecule has 1 heterocycles. The molecule has 1 nitrogen and oxygen atoms in total. The number of aliphatic imine (C=N–C) groups is 1. The Morgan fingerprint density at radius 2 is 2.38 bits per heavy atom. The van der Waals surface area contributed by atoms with Gasteiger partial charge in [-0.3, -0.25) is 4.99 Å². The maximum atomic E-state index is 4.24. The highest BCUT2D eigenvalue weighted by molar-refractivity contribution is 5.60. The summed E-state index contributed by atoms with van der Waals surface area (Å²) in [6.07, 6.45) is 8.46. The summed E-state index contributed by atoms with van der Waals surface area (Å²) >= 11 is 0. The zero-order valence-electron chi connectivity index (χ0n) is 5.17. The SMILES string of the molecule is CC1CC=CCC=N1. The lowest BCUT2D eigenvalue weighted by molar-refractivity contribution is 0.766. The molecule has 1 aliphatic rings. The largest absolute Gasteiger partial charge is 0.294 e. The molecule has 1 rings (SSSR count). The molecule has 0 bridgehead atoms. The van der Waals surface area contributed by atoms with Crippen molar-refractivity contribution in [2.24, 2.45) is 4.99 Å². The highest BCUT2D eigenvalue weighted by atomic mass is 14.7. The van der Waals surface area contributed by atoms with Crippen LogP contribution in [0.2, 0.25) is 0 Å². The molecule has 0 saturated carbocycles. The molecule has 8 heavy (non-hydrogen) atoms. The van der Waals surface area contributed by atoms with Crippen molar-refractivity contribution in [2.45, 2.75) is 25.8 Å². The Morgan fingerprint density at radius 1 is 1.50 bits per heavy atom. The van der Waals surface area contributed by atoms with Crippen molar-refractivity contribution in [1.29, 1.82) is 0 Å². The highest BCUT2D eigenvalue weighted by Crippen LogP contribution is 2.01. The number of hydrogen-bond acceptors (Lipinski definition) is 1. The summed E-state index contributed by atoms with van der Waals surface area (Å²) in [7, 11) is 0. The number of allylic oxidation sites excluding steroid dienone is 1. The standard InChI is InChI=1S/C7H11N/c1-7-5-3-2-4-6-8-7/h2-3,6-7H,4-5H2,1H3. The van der Waals surface area contributed by atoms with Crippen LogP contribution < -0.4 is 0 Å². The maximum Gasteiger partial charge on any atom is 0.0502 e. The van der Waals surface area contributed by atoms with Crippen molar-refractivity contribution in [3.8, 4) is 0 Å². The van der Waals surface area contributed by atoms with Crippen molar-refractivity contribution in [3.05, 3.63) is 12.2 Å². The van der Waals surface area contributed by atoms with E-state index in [1.165, 1.54) is 0 Å². The van der Waals surface area contributed by atoms with Crippen LogP contribution in [0.1, 0.15) is 19.8 Å². The van der Waals surface area contributed by atoms with Gasteiger partial charge in [-0.15, -0.1) is 0 Å². The average molecular weight is 109 g/mol. The van der Waals surface area contributed by atoms with E-state index in [0.717, 1.165) is 12.8 Å². The lowest BCUT2D eigenvalue weighted by Gasteiger charge is -1.95. The van der Waals surface area contributed by atoms with Gasteiger partial charge in [-0.1, -0.05) is 12.2 Å². The molecule has 0 aliphatic carbocycles. The molecular formula is C7H11N. The third kappa shape index (κ3) is 1.49. The molecule has 0 radical (unpaired) electrons. The normalized spacial score (nSPS) is 27.9. The van der Waals surface area contributed by atoms with Gasteiger partial charge in [0.2, 0.25) is 0 Å². The van der Waals surface area contributed by atoms with E-state index >= 15 is 0 Å². The van der Waals surface area contributed by atoms with Gasteiger partial charge in [-0.2, -0.15) is 0 Å². The number of hydrogen-bond donors (Lipinski definition) is 0. The first-order valence-corrected chi connectivity index (χ1v) is 3.06. The van der Waals surface area contributed by atoms with E-state index < -0.39 is 0 Å². The molecule has 0 aromatic heterocycles. The molecule has 0 N–H and O–H groups in total. The van der Waals surface area contributed by atoms with Crippen LogP contribution in [0.4, 0.5) is 0 Å². The highest BCUT2D eigenvalue weighted by Gasteiger charge is 1.94. The van der Waals surface area contributed by atoms with Crippen molar-refractivity contribution < 1.29 is 0 Å². The topological polar surface area (TPSA) is 12.4 Å². The van der Waals surface area contributed by atoms with Gasteiger partial charge in [0, 0.05) is 12.6 Å². The molecule has 44 valence electrons. The van der Waals surface area contributed by atoms with Crippen LogP contribution >= 0.6 is 0 Å². The molecular weight excluding hydrogens is 98.1 g/mol. The van der Waals surface area contributed by atoms with Gasteiger partial charge < -0.3 is 0 Å². The van der Waals surface area contributed by atoms with Gasteiger partial charge in [0.05, 0.1) is 6.04 Å². The van der Waals surface area contributed by atoms with Crippen LogP contribution in [0.25, 0.3) is 0 Å². The summed E-state index contributed by atoms with van der Waals surface area (Å²) < 4.78 is 0. The van der Waals surface area contributed by atoms with E-state index in [-0.39, 0.29) is 0 Å². The molecule has 1 aliphatic heterocycles. The van der Waals surface area contributed by atoms with E-state index in [1.54, 1.807) is 0 Å². The Bertz CT molecular complexity index is 114. The smallest absolute Gasteiger partial charge is 0.0502 e. The summed E-state index contributed by atoms with van der Waals surface area (Å²) in [6.45, 7) is 2.13. The fourth-order valence-electron chi connectivity index (χ4n) is 0.752. The molecule has 0 aromatic carbocycles. The second kappa shape index (κ2) is 2.65. The van der Waals surface area contributed by atoms with Crippen LogP contribution in [0.15, 0.2) is 17.1 Å². The molecule has 0 amide bonds. The Balaban J connectivity index is 2.48. The van der Waals surface area contributed by atoms with Crippen molar-refractivity contribution >= 4 is 6.21 Å². The summed E-state index contributed by atoms with van der Waals surface area (Å²) in [4.78, 5) is 4.24. The Hall–Kier alpha value is -0.590. The third-order valence-corrected chi connectivity index (χ3v) is 1.25. The first-order valence-electron chi connectivity index (χ1n) is 3.06. The monoisotopic (exact) mass is 109 g/mol. The van der Waals surface area contributed by atoms with Gasteiger partial charge in [0.25, 0.3) is 0 Å². The van der Waals surface area contributed by atoms with E-state index in [4.69, 9.17) is 0 Å². The Morgan fingerprint density at radius 3 is 3.25 bits per heavy atom. The molecule has 1 atom stereocenters. The van der Waals surface area contributed by atoms with Gasteiger partial charge in [-0.05, 0) is 13.3 Å². The number of nitrogens with zero attached hydrogens (tertiary/aromatic N) is 1. The first-order chi connectivity index (χ1) is 3.89. The fraction of sp³-hybridized carbons (Fsp3) is 0.571. The van der Waals surface area contributed by atoms with E-state index in [2.05, 4.69) is 24.1 Å². The minimum absolute atomic E-state index is 0.508. The summed E-state index contributed by atoms with van der Waals surface area (Å²) in [6, 6.07) is 0.508. The minimum Gasteiger partial charge on any atom is -0.294 e. The van der Waals surface area contributed by atoms with Crippen LogP contribution in [0.3, 0.4) is 0 Å². The second-order valence-corrected chi connectivity index (χ2v) is 2.12. The van der Waals surface area contributed by atoms with Gasteiger partial charge >= 0.3 is 0 Å². The van der Waals surface area contributed by atoms with Crippen LogP contribution in [-0.2, 0) is 0 Å². The molecule has 0 saturated heterocycles. The fourth-order valence-corrected chi connectivity index (χ4v) is 0.752. The number of rotatable bonds is 0. The van der Waals surface area contributed by atoms with Crippen molar-refractivity contribution in [3.63, 3.8) is 0 Å². The minimum atomic E-state index is 0.508. The Labute approximate surface area is 50.1 Å². The molecule has 1 heteroatoms. The predicted molar refractivity (Wildman–Crippen MR) is 36.3 cm³/mol. The zero-order valence-corrected chi connectivity index (χ0v) is 5.17. The Kier molecular flexibility index (Phi) is 1.84. The van der Waals surface area contributed by atoms with E-state index in [0.29, 0.717) is 6.04 Å². The lowest BCUT2D eigenvalue weighted by atomic mass is 10.2. The second-order valence-electron chi connectivity index (χ2n) is 2.12. The average Bonchev–Trinajstić information content (AvgIpc) is 1.94. The van der Waals surface area contributed by atoms with Gasteiger partial charge in [-0.25, -0.2) is 0 Å². The van der Waals surface area contributed by atoms with Gasteiger partial charge in [0.15, 0.2) is 0 Å². The predicted octanol–water partition coefficient (Wildman–Crippen LogP) is 1.80. The van der Waals surface area contributed by atoms with E-state index in [9.17, 15) is 0 Å². The summed E-state index contributed by atoms with van der Waals surface area (Å²) in [5.41, 5.74) is 0. The maximum absolute atomic E-state index is 4.24. The first kappa shape index (κ1) is 5.54. The summed E-state index contributed by atoms with van der Waals surface area (Å²) in [5.74, 6) is 0.